The predicted octanol–water partition coefficient (Wildman–Crippen LogP) is 0.334. The number of carbonyl (C=O) groups is 1. The summed E-state index contributed by atoms with van der Waals surface area (Å²) >= 11 is 0. The van der Waals surface area contributed by atoms with E-state index in [1.54, 1.807) is 6.08 Å². The van der Waals surface area contributed by atoms with Crippen molar-refractivity contribution in [2.24, 2.45) is 5.92 Å². The number of amides is 1. The van der Waals surface area contributed by atoms with Crippen LogP contribution in [0.25, 0.3) is 0 Å². The molecular weight excluding hydrogens is 264 g/mol. The molecule has 4 unspecified atom stereocenters. The molecule has 1 amide bonds. The number of fused-ring (bicyclic) bond motifs is 1. The van der Waals surface area contributed by atoms with E-state index in [4.69, 9.17) is 0 Å². The lowest BCUT2D eigenvalue weighted by Gasteiger charge is -2.24. The highest BCUT2D eigenvalue weighted by molar-refractivity contribution is 7.94. The van der Waals surface area contributed by atoms with Crippen LogP contribution in [-0.2, 0) is 14.6 Å². The van der Waals surface area contributed by atoms with Crippen LogP contribution >= 0.6 is 0 Å². The van der Waals surface area contributed by atoms with Gasteiger partial charge in [0.2, 0.25) is 5.91 Å². The van der Waals surface area contributed by atoms with E-state index in [9.17, 15) is 13.2 Å². The lowest BCUT2D eigenvalue weighted by Crippen LogP contribution is -2.47. The molecule has 2 N–H and O–H groups in total. The summed E-state index contributed by atoms with van der Waals surface area (Å²) in [4.78, 5) is 12.2. The highest BCUT2D eigenvalue weighted by Crippen LogP contribution is 2.33. The fourth-order valence-electron chi connectivity index (χ4n) is 3.47. The van der Waals surface area contributed by atoms with Gasteiger partial charge in [-0.05, 0) is 31.3 Å². The quantitative estimate of drug-likeness (QED) is 0.766. The average molecular weight is 284 g/mol. The Labute approximate surface area is 113 Å². The Bertz CT molecular complexity index is 486. The second kappa shape index (κ2) is 4.90. The van der Waals surface area contributed by atoms with E-state index >= 15 is 0 Å². The molecule has 19 heavy (non-hydrogen) atoms. The normalized spacial score (nSPS) is 40.0. The molecule has 0 aromatic carbocycles. The van der Waals surface area contributed by atoms with Crippen molar-refractivity contribution in [3.8, 4) is 0 Å². The lowest BCUT2D eigenvalue weighted by atomic mass is 9.85. The van der Waals surface area contributed by atoms with Crippen LogP contribution in [0.15, 0.2) is 11.5 Å². The van der Waals surface area contributed by atoms with Gasteiger partial charge in [0.25, 0.3) is 0 Å². The van der Waals surface area contributed by atoms with Gasteiger partial charge >= 0.3 is 0 Å². The van der Waals surface area contributed by atoms with E-state index in [1.165, 1.54) is 24.7 Å². The minimum Gasteiger partial charge on any atom is -0.347 e. The molecule has 1 saturated carbocycles. The molecule has 2 fully saturated rings. The molecule has 3 aliphatic rings. The first-order valence-electron chi connectivity index (χ1n) is 7.01. The zero-order valence-electron chi connectivity index (χ0n) is 10.8. The third-order valence-electron chi connectivity index (χ3n) is 4.44. The van der Waals surface area contributed by atoms with Crippen molar-refractivity contribution in [1.29, 1.82) is 0 Å². The van der Waals surface area contributed by atoms with E-state index in [-0.39, 0.29) is 23.7 Å². The van der Waals surface area contributed by atoms with E-state index in [0.717, 1.165) is 12.8 Å². The van der Waals surface area contributed by atoms with Crippen LogP contribution in [0.5, 0.6) is 0 Å². The number of hydrogen-bond acceptors (Lipinski definition) is 4. The Hall–Kier alpha value is -0.880. The fourth-order valence-corrected chi connectivity index (χ4v) is 4.71. The first-order chi connectivity index (χ1) is 9.03. The topological polar surface area (TPSA) is 75.3 Å². The molecule has 0 bridgehead atoms. The molecule has 1 saturated heterocycles. The van der Waals surface area contributed by atoms with E-state index in [0.29, 0.717) is 12.0 Å². The minimum atomic E-state index is -3.10. The van der Waals surface area contributed by atoms with Crippen molar-refractivity contribution >= 4 is 15.7 Å². The van der Waals surface area contributed by atoms with Crippen molar-refractivity contribution < 1.29 is 13.2 Å². The van der Waals surface area contributed by atoms with Crippen LogP contribution in [-0.4, -0.2) is 38.2 Å². The highest BCUT2D eigenvalue weighted by Gasteiger charge is 2.38. The first kappa shape index (κ1) is 13.1. The van der Waals surface area contributed by atoms with Crippen LogP contribution in [0.1, 0.15) is 32.1 Å². The lowest BCUT2D eigenvalue weighted by molar-refractivity contribution is -0.123. The molecule has 1 aliphatic carbocycles. The summed E-state index contributed by atoms with van der Waals surface area (Å²) in [6.45, 7) is 0. The smallest absolute Gasteiger partial charge is 0.237 e. The predicted molar refractivity (Wildman–Crippen MR) is 72.1 cm³/mol. The largest absolute Gasteiger partial charge is 0.347 e. The Kier molecular flexibility index (Phi) is 3.39. The van der Waals surface area contributed by atoms with Gasteiger partial charge in [-0.15, -0.1) is 0 Å². The molecule has 6 heteroatoms. The van der Waals surface area contributed by atoms with Gasteiger partial charge in [0, 0.05) is 11.4 Å². The molecule has 5 nitrogen and oxygen atoms in total. The summed E-state index contributed by atoms with van der Waals surface area (Å²) in [6.07, 6.45) is 7.33. The second-order valence-electron chi connectivity index (χ2n) is 5.88. The zero-order valence-corrected chi connectivity index (χ0v) is 11.7. The van der Waals surface area contributed by atoms with Gasteiger partial charge < -0.3 is 10.6 Å². The van der Waals surface area contributed by atoms with Crippen LogP contribution in [0, 0.1) is 5.92 Å². The molecule has 4 atom stereocenters. The third kappa shape index (κ3) is 2.84. The number of carbonyl (C=O) groups excluding carboxylic acids is 1. The van der Waals surface area contributed by atoms with Gasteiger partial charge in [0.1, 0.15) is 0 Å². The maximum Gasteiger partial charge on any atom is 0.237 e. The van der Waals surface area contributed by atoms with E-state index in [1.807, 2.05) is 0 Å². The van der Waals surface area contributed by atoms with Gasteiger partial charge in [-0.2, -0.15) is 0 Å². The molecule has 0 radical (unpaired) electrons. The van der Waals surface area contributed by atoms with Gasteiger partial charge in [-0.25, -0.2) is 8.42 Å². The van der Waals surface area contributed by atoms with Crippen LogP contribution < -0.4 is 10.6 Å². The van der Waals surface area contributed by atoms with Crippen molar-refractivity contribution in [2.45, 2.75) is 50.2 Å². The second-order valence-corrected chi connectivity index (χ2v) is 7.81. The first-order valence-corrected chi connectivity index (χ1v) is 8.72. The maximum absolute atomic E-state index is 12.2. The summed E-state index contributed by atoms with van der Waals surface area (Å²) < 4.78 is 22.6. The Morgan fingerprint density at radius 3 is 2.74 bits per heavy atom. The molecular formula is C13H20N2O3S. The summed E-state index contributed by atoms with van der Waals surface area (Å²) in [7, 11) is -3.10. The van der Waals surface area contributed by atoms with Crippen LogP contribution in [0.4, 0.5) is 0 Å². The summed E-state index contributed by atoms with van der Waals surface area (Å²) in [5.74, 6) is 0.562. The fraction of sp³-hybridized carbons (Fsp3) is 0.769. The van der Waals surface area contributed by atoms with E-state index < -0.39 is 9.84 Å². The molecule has 106 valence electrons. The molecule has 0 spiro atoms. The van der Waals surface area contributed by atoms with Crippen LogP contribution in [0.3, 0.4) is 0 Å². The van der Waals surface area contributed by atoms with Crippen molar-refractivity contribution in [3.05, 3.63) is 11.5 Å². The van der Waals surface area contributed by atoms with Gasteiger partial charge in [0.15, 0.2) is 9.84 Å². The standard InChI is InChI=1S/C13H20N2O3S/c16-13(14-10-5-6-19(17,18)8-10)12-7-9-3-1-2-4-11(9)15-12/h5-6,9-12,15H,1-4,7-8H2,(H,14,16). The van der Waals surface area contributed by atoms with Crippen molar-refractivity contribution in [3.63, 3.8) is 0 Å². The number of sulfone groups is 1. The van der Waals surface area contributed by atoms with Crippen molar-refractivity contribution in [2.75, 3.05) is 5.75 Å². The highest BCUT2D eigenvalue weighted by atomic mass is 32.2. The zero-order chi connectivity index (χ0) is 13.5. The number of rotatable bonds is 2. The number of nitrogens with one attached hydrogen (secondary N) is 2. The SMILES string of the molecule is O=C(NC1C=CS(=O)(=O)C1)C1CC2CCCCC2N1. The van der Waals surface area contributed by atoms with Gasteiger partial charge in [-0.3, -0.25) is 4.79 Å². The van der Waals surface area contributed by atoms with Crippen LogP contribution in [0.2, 0.25) is 0 Å². The average Bonchev–Trinajstić information content (AvgIpc) is 2.92. The maximum atomic E-state index is 12.2. The Morgan fingerprint density at radius 1 is 1.26 bits per heavy atom. The summed E-state index contributed by atoms with van der Waals surface area (Å²) in [5.41, 5.74) is 0. The minimum absolute atomic E-state index is 0.00167. The summed E-state index contributed by atoms with van der Waals surface area (Å²) in [5, 5.41) is 7.41. The molecule has 3 rings (SSSR count). The Balaban J connectivity index is 1.56. The third-order valence-corrected chi connectivity index (χ3v) is 5.83. The molecule has 0 aromatic heterocycles. The van der Waals surface area contributed by atoms with Gasteiger partial charge in [-0.1, -0.05) is 12.8 Å². The molecule has 2 aliphatic heterocycles. The van der Waals surface area contributed by atoms with E-state index in [2.05, 4.69) is 10.6 Å². The van der Waals surface area contributed by atoms with Crippen molar-refractivity contribution in [1.82, 2.24) is 10.6 Å². The Morgan fingerprint density at radius 2 is 2.05 bits per heavy atom. The van der Waals surface area contributed by atoms with Gasteiger partial charge in [0.05, 0.1) is 17.8 Å². The monoisotopic (exact) mass is 284 g/mol. The number of hydrogen-bond donors (Lipinski definition) is 2. The molecule has 2 heterocycles. The summed E-state index contributed by atoms with van der Waals surface area (Å²) in [6, 6.07) is -0.0286. The molecule has 0 aromatic rings.